The molecule has 1 aromatic rings. The van der Waals surface area contributed by atoms with Crippen molar-refractivity contribution < 1.29 is 23.0 Å². The fraction of sp³-hybridized carbons (Fsp3) is 0.500. The summed E-state index contributed by atoms with van der Waals surface area (Å²) < 4.78 is 33.8. The number of rotatable bonds is 5. The topological polar surface area (TPSA) is 72.8 Å². The maximum Gasteiger partial charge on any atom is 0.179 e. The maximum atomic E-state index is 11.7. The molecule has 0 fully saturated rings. The largest absolute Gasteiger partial charge is 0.497 e. The molecule has 0 radical (unpaired) electrons. The van der Waals surface area contributed by atoms with Crippen LogP contribution in [0.3, 0.4) is 0 Å². The molecule has 102 valence electrons. The van der Waals surface area contributed by atoms with Crippen LogP contribution in [0.15, 0.2) is 17.0 Å². The second kappa shape index (κ2) is 5.58. The van der Waals surface area contributed by atoms with Gasteiger partial charge in [0.25, 0.3) is 0 Å². The first kappa shape index (κ1) is 14.8. The average molecular weight is 274 g/mol. The Labute approximate surface area is 107 Å². The van der Waals surface area contributed by atoms with Crippen molar-refractivity contribution in [3.63, 3.8) is 0 Å². The summed E-state index contributed by atoms with van der Waals surface area (Å²) in [4.78, 5) is 0.0691. The first-order valence-electron chi connectivity index (χ1n) is 5.42. The Balaban J connectivity index is 3.60. The lowest BCUT2D eigenvalue weighted by molar-refractivity contribution is 0.268. The van der Waals surface area contributed by atoms with Gasteiger partial charge < -0.3 is 14.6 Å². The number of benzene rings is 1. The van der Waals surface area contributed by atoms with E-state index in [1.54, 1.807) is 13.0 Å². The van der Waals surface area contributed by atoms with Crippen LogP contribution in [0.2, 0.25) is 0 Å². The minimum Gasteiger partial charge on any atom is -0.497 e. The van der Waals surface area contributed by atoms with Gasteiger partial charge in [-0.15, -0.1) is 0 Å². The van der Waals surface area contributed by atoms with Crippen molar-refractivity contribution in [1.82, 2.24) is 0 Å². The summed E-state index contributed by atoms with van der Waals surface area (Å²) in [5.41, 5.74) is 0.611. The third-order valence-corrected chi connectivity index (χ3v) is 3.80. The molecule has 0 aromatic heterocycles. The number of hydrogen-bond acceptors (Lipinski definition) is 5. The van der Waals surface area contributed by atoms with Gasteiger partial charge in [0, 0.05) is 30.4 Å². The van der Waals surface area contributed by atoms with Gasteiger partial charge in [0.05, 0.1) is 14.2 Å². The number of sulfone groups is 1. The Hall–Kier alpha value is -1.27. The SMILES string of the molecule is COc1cc(C(C)CO)c(OC)c(S(C)(=O)=O)c1. The van der Waals surface area contributed by atoms with Crippen LogP contribution < -0.4 is 9.47 Å². The standard InChI is InChI=1S/C12H18O5S/c1-8(7-13)10-5-9(16-2)6-11(12(10)17-3)18(4,14)15/h5-6,8,13H,7H2,1-4H3. The minimum absolute atomic E-state index is 0.0691. The van der Waals surface area contributed by atoms with E-state index in [9.17, 15) is 13.5 Å². The van der Waals surface area contributed by atoms with Crippen molar-refractivity contribution in [3.8, 4) is 11.5 Å². The second-order valence-corrected chi connectivity index (χ2v) is 6.09. The molecule has 1 aromatic carbocycles. The van der Waals surface area contributed by atoms with Crippen molar-refractivity contribution in [2.75, 3.05) is 27.1 Å². The number of aliphatic hydroxyl groups is 1. The number of hydrogen-bond donors (Lipinski definition) is 1. The van der Waals surface area contributed by atoms with Crippen LogP contribution in [0, 0.1) is 0 Å². The molecule has 18 heavy (non-hydrogen) atoms. The summed E-state index contributed by atoms with van der Waals surface area (Å²) in [6.45, 7) is 1.68. The van der Waals surface area contributed by atoms with Gasteiger partial charge in [0.2, 0.25) is 0 Å². The number of aliphatic hydroxyl groups excluding tert-OH is 1. The molecule has 1 atom stereocenters. The van der Waals surface area contributed by atoms with Crippen LogP contribution in [-0.2, 0) is 9.84 Å². The van der Waals surface area contributed by atoms with Gasteiger partial charge in [-0.2, -0.15) is 0 Å². The molecule has 1 N–H and O–H groups in total. The third kappa shape index (κ3) is 2.94. The van der Waals surface area contributed by atoms with E-state index in [2.05, 4.69) is 0 Å². The first-order chi connectivity index (χ1) is 8.35. The fourth-order valence-corrected chi connectivity index (χ4v) is 2.54. The van der Waals surface area contributed by atoms with Crippen LogP contribution in [-0.4, -0.2) is 40.6 Å². The van der Waals surface area contributed by atoms with Gasteiger partial charge in [0.1, 0.15) is 16.4 Å². The Morgan fingerprint density at radius 1 is 1.28 bits per heavy atom. The quantitative estimate of drug-likeness (QED) is 0.873. The predicted octanol–water partition coefficient (Wildman–Crippen LogP) is 1.20. The molecule has 0 heterocycles. The van der Waals surface area contributed by atoms with E-state index < -0.39 is 9.84 Å². The molecule has 6 heteroatoms. The van der Waals surface area contributed by atoms with Crippen LogP contribution in [0.25, 0.3) is 0 Å². The lowest BCUT2D eigenvalue weighted by atomic mass is 10.0. The average Bonchev–Trinajstić information content (AvgIpc) is 2.34. The van der Waals surface area contributed by atoms with E-state index in [1.807, 2.05) is 0 Å². The molecule has 0 saturated heterocycles. The summed E-state index contributed by atoms with van der Waals surface area (Å²) in [6.07, 6.45) is 1.11. The summed E-state index contributed by atoms with van der Waals surface area (Å²) in [7, 11) is -0.563. The van der Waals surface area contributed by atoms with E-state index in [1.165, 1.54) is 20.3 Å². The molecule has 1 unspecified atom stereocenters. The summed E-state index contributed by atoms with van der Waals surface area (Å²) in [5, 5.41) is 9.22. The van der Waals surface area contributed by atoms with E-state index in [0.29, 0.717) is 11.3 Å². The summed E-state index contributed by atoms with van der Waals surface area (Å²) in [5.74, 6) is 0.446. The van der Waals surface area contributed by atoms with Crippen molar-refractivity contribution in [2.45, 2.75) is 17.7 Å². The van der Waals surface area contributed by atoms with Crippen LogP contribution >= 0.6 is 0 Å². The van der Waals surface area contributed by atoms with Crippen molar-refractivity contribution in [1.29, 1.82) is 0 Å². The van der Waals surface area contributed by atoms with Crippen LogP contribution in [0.5, 0.6) is 11.5 Å². The highest BCUT2D eigenvalue weighted by Crippen LogP contribution is 2.36. The van der Waals surface area contributed by atoms with Crippen LogP contribution in [0.1, 0.15) is 18.4 Å². The van der Waals surface area contributed by atoms with E-state index in [0.717, 1.165) is 6.26 Å². The van der Waals surface area contributed by atoms with Gasteiger partial charge in [-0.05, 0) is 6.07 Å². The van der Waals surface area contributed by atoms with Crippen LogP contribution in [0.4, 0.5) is 0 Å². The Morgan fingerprint density at radius 2 is 1.89 bits per heavy atom. The van der Waals surface area contributed by atoms with Gasteiger partial charge in [0.15, 0.2) is 9.84 Å². The van der Waals surface area contributed by atoms with E-state index in [4.69, 9.17) is 9.47 Å². The number of methoxy groups -OCH3 is 2. The summed E-state index contributed by atoms with van der Waals surface area (Å²) >= 11 is 0. The van der Waals surface area contributed by atoms with Gasteiger partial charge >= 0.3 is 0 Å². The Bertz CT molecular complexity index is 522. The minimum atomic E-state index is -3.43. The van der Waals surface area contributed by atoms with E-state index >= 15 is 0 Å². The molecule has 1 rings (SSSR count). The lowest BCUT2D eigenvalue weighted by Crippen LogP contribution is -2.08. The fourth-order valence-electron chi connectivity index (χ4n) is 1.67. The Kier molecular flexibility index (Phi) is 4.59. The first-order valence-corrected chi connectivity index (χ1v) is 7.31. The zero-order valence-corrected chi connectivity index (χ0v) is 11.7. The molecule has 0 saturated carbocycles. The molecule has 0 bridgehead atoms. The zero-order chi connectivity index (χ0) is 13.9. The Morgan fingerprint density at radius 3 is 2.28 bits per heavy atom. The highest BCUT2D eigenvalue weighted by molar-refractivity contribution is 7.90. The van der Waals surface area contributed by atoms with Crippen molar-refractivity contribution in [2.24, 2.45) is 0 Å². The third-order valence-electron chi connectivity index (χ3n) is 2.70. The smallest absolute Gasteiger partial charge is 0.179 e. The van der Waals surface area contributed by atoms with Gasteiger partial charge in [-0.3, -0.25) is 0 Å². The molecule has 0 aliphatic rings. The molecular formula is C12H18O5S. The molecule has 0 aliphatic heterocycles. The monoisotopic (exact) mass is 274 g/mol. The maximum absolute atomic E-state index is 11.7. The predicted molar refractivity (Wildman–Crippen MR) is 68.2 cm³/mol. The normalized spacial score (nSPS) is 13.2. The molecule has 5 nitrogen and oxygen atoms in total. The molecule has 0 aliphatic carbocycles. The zero-order valence-electron chi connectivity index (χ0n) is 10.9. The highest BCUT2D eigenvalue weighted by Gasteiger charge is 2.22. The highest BCUT2D eigenvalue weighted by atomic mass is 32.2. The molecular weight excluding hydrogens is 256 g/mol. The second-order valence-electron chi connectivity index (χ2n) is 4.10. The van der Waals surface area contributed by atoms with Crippen molar-refractivity contribution in [3.05, 3.63) is 17.7 Å². The van der Waals surface area contributed by atoms with Gasteiger partial charge in [-0.1, -0.05) is 6.92 Å². The van der Waals surface area contributed by atoms with Gasteiger partial charge in [-0.25, -0.2) is 8.42 Å². The summed E-state index contributed by atoms with van der Waals surface area (Å²) in [6, 6.07) is 3.09. The molecule has 0 amide bonds. The molecule has 0 spiro atoms. The number of ether oxygens (including phenoxy) is 2. The van der Waals surface area contributed by atoms with E-state index in [-0.39, 0.29) is 23.2 Å². The lowest BCUT2D eigenvalue weighted by Gasteiger charge is -2.17. The van der Waals surface area contributed by atoms with Crippen molar-refractivity contribution >= 4 is 9.84 Å².